The number of rotatable bonds is 5. The maximum Gasteiger partial charge on any atom is 0.258 e. The van der Waals surface area contributed by atoms with Gasteiger partial charge in [0.15, 0.2) is 5.65 Å². The zero-order valence-electron chi connectivity index (χ0n) is 16.9. The van der Waals surface area contributed by atoms with Crippen molar-refractivity contribution < 1.29 is 13.2 Å². The number of anilines is 2. The van der Waals surface area contributed by atoms with Gasteiger partial charge in [-0.05, 0) is 43.5 Å². The van der Waals surface area contributed by atoms with E-state index in [9.17, 15) is 13.2 Å². The number of amides is 1. The Labute approximate surface area is 175 Å². The molecule has 0 saturated carbocycles. The van der Waals surface area contributed by atoms with Crippen molar-refractivity contribution in [3.05, 3.63) is 48.3 Å². The molecule has 0 unspecified atom stereocenters. The van der Waals surface area contributed by atoms with Crippen LogP contribution in [0.4, 0.5) is 11.5 Å². The van der Waals surface area contributed by atoms with Gasteiger partial charge in [0.25, 0.3) is 5.91 Å². The number of carbonyl (C=O) groups is 1. The third-order valence-electron chi connectivity index (χ3n) is 5.22. The van der Waals surface area contributed by atoms with E-state index < -0.39 is 15.9 Å². The van der Waals surface area contributed by atoms with E-state index in [-0.39, 0.29) is 4.90 Å². The van der Waals surface area contributed by atoms with Crippen LogP contribution in [0.3, 0.4) is 0 Å². The number of piperidine rings is 1. The van der Waals surface area contributed by atoms with Gasteiger partial charge in [-0.1, -0.05) is 0 Å². The molecule has 0 radical (unpaired) electrons. The molecule has 0 atom stereocenters. The molecule has 1 aromatic carbocycles. The molecular formula is C20H24N6O3S. The summed E-state index contributed by atoms with van der Waals surface area (Å²) in [6.07, 6.45) is 6.42. The van der Waals surface area contributed by atoms with Gasteiger partial charge in [-0.2, -0.15) is 9.61 Å². The second kappa shape index (κ2) is 8.04. The van der Waals surface area contributed by atoms with Gasteiger partial charge in [-0.25, -0.2) is 17.7 Å². The summed E-state index contributed by atoms with van der Waals surface area (Å²) < 4.78 is 28.0. The minimum atomic E-state index is -3.67. The average molecular weight is 429 g/mol. The van der Waals surface area contributed by atoms with Crippen molar-refractivity contribution in [3.8, 4) is 0 Å². The number of aromatic nitrogens is 3. The van der Waals surface area contributed by atoms with E-state index in [0.717, 1.165) is 42.3 Å². The lowest BCUT2D eigenvalue weighted by Crippen LogP contribution is -2.32. The SMILES string of the molecule is CN(C)S(=O)(=O)c1ccc(N2CCCCC2)c(C(=O)Nc2ccnc3ccnn23)c1. The molecule has 9 nitrogen and oxygen atoms in total. The second-order valence-corrected chi connectivity index (χ2v) is 9.55. The summed E-state index contributed by atoms with van der Waals surface area (Å²) in [6, 6.07) is 8.13. The number of fused-ring (bicyclic) bond motifs is 1. The quantitative estimate of drug-likeness (QED) is 0.669. The Kier molecular flexibility index (Phi) is 5.44. The highest BCUT2D eigenvalue weighted by molar-refractivity contribution is 7.89. The zero-order chi connectivity index (χ0) is 21.3. The van der Waals surface area contributed by atoms with Gasteiger partial charge in [0, 0.05) is 45.1 Å². The normalized spacial score (nSPS) is 15.0. The van der Waals surface area contributed by atoms with E-state index in [1.165, 1.54) is 24.7 Å². The standard InChI is InChI=1S/C20H24N6O3S/c1-24(2)30(28,29)15-6-7-17(25-12-4-3-5-13-25)16(14-15)20(27)23-19-8-10-21-18-9-11-22-26(18)19/h6-11,14H,3-5,12-13H2,1-2H3,(H,23,27). The number of hydrogen-bond acceptors (Lipinski definition) is 6. The third-order valence-corrected chi connectivity index (χ3v) is 7.03. The van der Waals surface area contributed by atoms with Crippen LogP contribution in [0.15, 0.2) is 47.6 Å². The van der Waals surface area contributed by atoms with Gasteiger partial charge in [0.1, 0.15) is 5.82 Å². The number of nitrogens with one attached hydrogen (secondary N) is 1. The molecule has 1 aliphatic heterocycles. The molecule has 1 aliphatic rings. The number of nitrogens with zero attached hydrogens (tertiary/aromatic N) is 5. The van der Waals surface area contributed by atoms with Crippen molar-refractivity contribution in [1.29, 1.82) is 0 Å². The lowest BCUT2D eigenvalue weighted by molar-refractivity contribution is 0.102. The number of benzene rings is 1. The molecule has 1 fully saturated rings. The summed E-state index contributed by atoms with van der Waals surface area (Å²) in [4.78, 5) is 19.7. The molecule has 2 aromatic heterocycles. The highest BCUT2D eigenvalue weighted by Crippen LogP contribution is 2.28. The Morgan fingerprint density at radius 1 is 1.07 bits per heavy atom. The molecular weight excluding hydrogens is 404 g/mol. The molecule has 4 rings (SSSR count). The van der Waals surface area contributed by atoms with Crippen molar-refractivity contribution in [2.75, 3.05) is 37.4 Å². The zero-order valence-corrected chi connectivity index (χ0v) is 17.8. The number of carbonyl (C=O) groups excluding carboxylic acids is 1. The monoisotopic (exact) mass is 428 g/mol. The number of hydrogen-bond donors (Lipinski definition) is 1. The van der Waals surface area contributed by atoms with E-state index >= 15 is 0 Å². The fourth-order valence-corrected chi connectivity index (χ4v) is 4.52. The molecule has 1 saturated heterocycles. The Hall–Kier alpha value is -2.98. The fourth-order valence-electron chi connectivity index (χ4n) is 3.59. The molecule has 0 aliphatic carbocycles. The van der Waals surface area contributed by atoms with Crippen molar-refractivity contribution in [1.82, 2.24) is 18.9 Å². The Morgan fingerprint density at radius 3 is 2.57 bits per heavy atom. The summed E-state index contributed by atoms with van der Waals surface area (Å²) >= 11 is 0. The van der Waals surface area contributed by atoms with Crippen LogP contribution in [0, 0.1) is 0 Å². The first-order valence-corrected chi connectivity index (χ1v) is 11.2. The van der Waals surface area contributed by atoms with Crippen molar-refractivity contribution in [2.24, 2.45) is 0 Å². The summed E-state index contributed by atoms with van der Waals surface area (Å²) in [5.41, 5.74) is 1.65. The largest absolute Gasteiger partial charge is 0.371 e. The van der Waals surface area contributed by atoms with E-state index in [1.807, 2.05) is 0 Å². The highest BCUT2D eigenvalue weighted by Gasteiger charge is 2.24. The maximum atomic E-state index is 13.3. The van der Waals surface area contributed by atoms with Gasteiger partial charge in [-0.3, -0.25) is 4.79 Å². The first kappa shape index (κ1) is 20.3. The highest BCUT2D eigenvalue weighted by atomic mass is 32.2. The maximum absolute atomic E-state index is 13.3. The average Bonchev–Trinajstić information content (AvgIpc) is 3.24. The first-order valence-electron chi connectivity index (χ1n) is 9.79. The van der Waals surface area contributed by atoms with Gasteiger partial charge < -0.3 is 10.2 Å². The summed E-state index contributed by atoms with van der Waals surface area (Å²) in [5, 5.41) is 7.05. The Morgan fingerprint density at radius 2 is 1.83 bits per heavy atom. The van der Waals surface area contributed by atoms with Crippen molar-refractivity contribution in [2.45, 2.75) is 24.2 Å². The van der Waals surface area contributed by atoms with Crippen molar-refractivity contribution >= 4 is 33.1 Å². The summed E-state index contributed by atoms with van der Waals surface area (Å²) in [6.45, 7) is 1.66. The fraction of sp³-hybridized carbons (Fsp3) is 0.350. The van der Waals surface area contributed by atoms with Crippen LogP contribution in [0.1, 0.15) is 29.6 Å². The van der Waals surface area contributed by atoms with Crippen LogP contribution >= 0.6 is 0 Å². The lowest BCUT2D eigenvalue weighted by atomic mass is 10.1. The van der Waals surface area contributed by atoms with E-state index in [4.69, 9.17) is 0 Å². The minimum absolute atomic E-state index is 0.0809. The van der Waals surface area contributed by atoms with Crippen LogP contribution < -0.4 is 10.2 Å². The summed E-state index contributed by atoms with van der Waals surface area (Å²) in [7, 11) is -0.729. The molecule has 3 aromatic rings. The molecule has 30 heavy (non-hydrogen) atoms. The topological polar surface area (TPSA) is 99.9 Å². The van der Waals surface area contributed by atoms with Gasteiger partial charge in [-0.15, -0.1) is 0 Å². The third kappa shape index (κ3) is 3.75. The number of sulfonamides is 1. The van der Waals surface area contributed by atoms with Crippen LogP contribution in [-0.2, 0) is 10.0 Å². The van der Waals surface area contributed by atoms with Crippen molar-refractivity contribution in [3.63, 3.8) is 0 Å². The van der Waals surface area contributed by atoms with Gasteiger partial charge in [0.05, 0.1) is 16.7 Å². The second-order valence-electron chi connectivity index (χ2n) is 7.40. The predicted molar refractivity (Wildman–Crippen MR) is 114 cm³/mol. The smallest absolute Gasteiger partial charge is 0.258 e. The Bertz CT molecular complexity index is 1180. The first-order chi connectivity index (χ1) is 14.4. The minimum Gasteiger partial charge on any atom is -0.371 e. The van der Waals surface area contributed by atoms with Crippen LogP contribution in [-0.4, -0.2) is 60.4 Å². The molecule has 0 spiro atoms. The van der Waals surface area contributed by atoms with E-state index in [2.05, 4.69) is 20.3 Å². The molecule has 10 heteroatoms. The summed E-state index contributed by atoms with van der Waals surface area (Å²) in [5.74, 6) is 0.0647. The van der Waals surface area contributed by atoms with Gasteiger partial charge >= 0.3 is 0 Å². The lowest BCUT2D eigenvalue weighted by Gasteiger charge is -2.30. The van der Waals surface area contributed by atoms with Crippen LogP contribution in [0.25, 0.3) is 5.65 Å². The van der Waals surface area contributed by atoms with E-state index in [1.54, 1.807) is 36.7 Å². The van der Waals surface area contributed by atoms with E-state index in [0.29, 0.717) is 17.0 Å². The van der Waals surface area contributed by atoms with Crippen LogP contribution in [0.5, 0.6) is 0 Å². The molecule has 1 N–H and O–H groups in total. The molecule has 0 bridgehead atoms. The van der Waals surface area contributed by atoms with Crippen LogP contribution in [0.2, 0.25) is 0 Å². The molecule has 158 valence electrons. The predicted octanol–water partition coefficient (Wildman–Crippen LogP) is 2.22. The Balaban J connectivity index is 1.76. The molecule has 3 heterocycles. The van der Waals surface area contributed by atoms with Gasteiger partial charge in [0.2, 0.25) is 10.0 Å². The molecule has 1 amide bonds.